The number of ether oxygens (including phenoxy) is 1. The molecule has 0 bridgehead atoms. The first kappa shape index (κ1) is 26.6. The standard InChI is InChI=1S/C13H15ClN6O.C9H7Cl2N5/c1-15-13-16-7-9(8-17-13)10-6-11(19-12(14)18-10)20-2-4-21-5-3-20;1-12-9-13-3-5(4-14-9)6-2-7(10)16-8(11)15-6/h6-8H,2-5H2,1H3,(H,15,16,17);2-4H,1H3,(H,12,13,14). The molecule has 4 aromatic heterocycles. The van der Waals surface area contributed by atoms with Crippen LogP contribution in [-0.2, 0) is 4.74 Å². The van der Waals surface area contributed by atoms with E-state index in [-0.39, 0.29) is 15.7 Å². The largest absolute Gasteiger partial charge is 0.378 e. The summed E-state index contributed by atoms with van der Waals surface area (Å²) in [5.74, 6) is 1.90. The van der Waals surface area contributed by atoms with Crippen LogP contribution in [-0.4, -0.2) is 80.3 Å². The number of nitrogens with one attached hydrogen (secondary N) is 2. The van der Waals surface area contributed by atoms with E-state index in [0.29, 0.717) is 36.5 Å². The Kier molecular flexibility index (Phi) is 9.12. The van der Waals surface area contributed by atoms with E-state index in [1.54, 1.807) is 44.9 Å². The Morgan fingerprint density at radius 2 is 1.19 bits per heavy atom. The van der Waals surface area contributed by atoms with E-state index in [1.165, 1.54) is 0 Å². The molecule has 0 radical (unpaired) electrons. The topological polar surface area (TPSA) is 140 Å². The minimum Gasteiger partial charge on any atom is -0.378 e. The normalized spacial score (nSPS) is 12.9. The lowest BCUT2D eigenvalue weighted by Gasteiger charge is -2.27. The first-order valence-electron chi connectivity index (χ1n) is 11.0. The lowest BCUT2D eigenvalue weighted by atomic mass is 10.2. The van der Waals surface area contributed by atoms with E-state index in [0.717, 1.165) is 30.0 Å². The van der Waals surface area contributed by atoms with Gasteiger partial charge in [0.1, 0.15) is 11.0 Å². The fraction of sp³-hybridized carbons (Fsp3) is 0.273. The van der Waals surface area contributed by atoms with E-state index in [1.807, 2.05) is 6.07 Å². The van der Waals surface area contributed by atoms with Crippen molar-refractivity contribution in [1.29, 1.82) is 0 Å². The van der Waals surface area contributed by atoms with Crippen molar-refractivity contribution >= 4 is 52.5 Å². The van der Waals surface area contributed by atoms with E-state index in [9.17, 15) is 0 Å². The third-order valence-electron chi connectivity index (χ3n) is 5.03. The molecule has 0 aliphatic carbocycles. The summed E-state index contributed by atoms with van der Waals surface area (Å²) in [6, 6.07) is 3.50. The number of hydrogen-bond donors (Lipinski definition) is 2. The van der Waals surface area contributed by atoms with Crippen LogP contribution in [0.4, 0.5) is 17.7 Å². The Morgan fingerprint density at radius 3 is 1.68 bits per heavy atom. The molecule has 0 spiro atoms. The molecule has 1 aliphatic heterocycles. The molecule has 15 heteroatoms. The average Bonchev–Trinajstić information content (AvgIpc) is 2.93. The lowest BCUT2D eigenvalue weighted by molar-refractivity contribution is 0.122. The van der Waals surface area contributed by atoms with Gasteiger partial charge in [0.25, 0.3) is 0 Å². The van der Waals surface area contributed by atoms with Crippen LogP contribution < -0.4 is 15.5 Å². The number of anilines is 3. The van der Waals surface area contributed by atoms with Crippen LogP contribution in [0.15, 0.2) is 36.9 Å². The first-order valence-corrected chi connectivity index (χ1v) is 12.2. The van der Waals surface area contributed by atoms with Crippen molar-refractivity contribution < 1.29 is 4.74 Å². The highest BCUT2D eigenvalue weighted by Gasteiger charge is 2.15. The summed E-state index contributed by atoms with van der Waals surface area (Å²) in [5, 5.41) is 6.30. The van der Waals surface area contributed by atoms with Crippen LogP contribution in [0.2, 0.25) is 15.7 Å². The Hall–Kier alpha value is -3.45. The predicted molar refractivity (Wildman–Crippen MR) is 143 cm³/mol. The summed E-state index contributed by atoms with van der Waals surface area (Å²) >= 11 is 17.5. The summed E-state index contributed by atoms with van der Waals surface area (Å²) < 4.78 is 5.35. The van der Waals surface area contributed by atoms with Crippen LogP contribution in [0, 0.1) is 0 Å². The molecule has 12 nitrogen and oxygen atoms in total. The molecule has 37 heavy (non-hydrogen) atoms. The van der Waals surface area contributed by atoms with Gasteiger partial charge in [0, 0.05) is 75.2 Å². The van der Waals surface area contributed by atoms with E-state index >= 15 is 0 Å². The molecule has 192 valence electrons. The zero-order valence-corrected chi connectivity index (χ0v) is 22.1. The zero-order chi connectivity index (χ0) is 26.2. The molecule has 1 saturated heterocycles. The molecule has 0 aromatic carbocycles. The van der Waals surface area contributed by atoms with Gasteiger partial charge in [-0.1, -0.05) is 11.6 Å². The molecule has 4 aromatic rings. The van der Waals surface area contributed by atoms with Crippen molar-refractivity contribution in [1.82, 2.24) is 39.9 Å². The Bertz CT molecular complexity index is 1300. The van der Waals surface area contributed by atoms with Crippen molar-refractivity contribution in [3.8, 4) is 22.5 Å². The Morgan fingerprint density at radius 1 is 0.703 bits per heavy atom. The SMILES string of the molecule is CNc1ncc(-c2cc(Cl)nc(Cl)n2)cn1.CNc1ncc(-c2cc(N3CCOCC3)nc(Cl)n2)cn1. The van der Waals surface area contributed by atoms with Crippen LogP contribution in [0.5, 0.6) is 0 Å². The van der Waals surface area contributed by atoms with Gasteiger partial charge < -0.3 is 20.3 Å². The van der Waals surface area contributed by atoms with Crippen LogP contribution in [0.3, 0.4) is 0 Å². The molecular formula is C22H22Cl3N11O. The molecule has 5 heterocycles. The maximum Gasteiger partial charge on any atom is 0.224 e. The monoisotopic (exact) mass is 561 g/mol. The van der Waals surface area contributed by atoms with Gasteiger partial charge in [-0.3, -0.25) is 0 Å². The molecule has 0 saturated carbocycles. The average molecular weight is 563 g/mol. The number of nitrogens with zero attached hydrogens (tertiary/aromatic N) is 9. The number of rotatable bonds is 5. The quantitative estimate of drug-likeness (QED) is 0.270. The van der Waals surface area contributed by atoms with Gasteiger partial charge in [-0.2, -0.15) is 0 Å². The number of hydrogen-bond acceptors (Lipinski definition) is 12. The van der Waals surface area contributed by atoms with Crippen LogP contribution in [0.1, 0.15) is 0 Å². The molecule has 0 unspecified atom stereocenters. The highest BCUT2D eigenvalue weighted by Crippen LogP contribution is 2.24. The second-order valence-corrected chi connectivity index (χ2v) is 8.48. The number of morpholine rings is 1. The summed E-state index contributed by atoms with van der Waals surface area (Å²) in [7, 11) is 3.51. The number of aromatic nitrogens is 8. The highest BCUT2D eigenvalue weighted by atomic mass is 35.5. The van der Waals surface area contributed by atoms with Gasteiger partial charge in [-0.15, -0.1) is 0 Å². The van der Waals surface area contributed by atoms with E-state index in [4.69, 9.17) is 39.5 Å². The minimum atomic E-state index is 0.0974. The van der Waals surface area contributed by atoms with Gasteiger partial charge in [0.2, 0.25) is 22.5 Å². The third kappa shape index (κ3) is 7.29. The van der Waals surface area contributed by atoms with Crippen molar-refractivity contribution in [2.24, 2.45) is 0 Å². The fourth-order valence-electron chi connectivity index (χ4n) is 3.22. The van der Waals surface area contributed by atoms with Crippen molar-refractivity contribution in [3.05, 3.63) is 52.6 Å². The second-order valence-electron chi connectivity index (χ2n) is 7.42. The predicted octanol–water partition coefficient (Wildman–Crippen LogP) is 3.75. The molecule has 5 rings (SSSR count). The maximum absolute atomic E-state index is 6.04. The van der Waals surface area contributed by atoms with Crippen LogP contribution >= 0.6 is 34.8 Å². The Labute approximate surface area is 227 Å². The number of halogens is 3. The third-order valence-corrected chi connectivity index (χ3v) is 5.56. The molecule has 1 aliphatic rings. The van der Waals surface area contributed by atoms with E-state index < -0.39 is 0 Å². The van der Waals surface area contributed by atoms with Gasteiger partial charge in [-0.05, 0) is 23.2 Å². The Balaban J connectivity index is 0.000000180. The smallest absolute Gasteiger partial charge is 0.224 e. The lowest BCUT2D eigenvalue weighted by Crippen LogP contribution is -2.36. The fourth-order valence-corrected chi connectivity index (χ4v) is 3.81. The first-order chi connectivity index (χ1) is 17.9. The molecular weight excluding hydrogens is 541 g/mol. The summed E-state index contributed by atoms with van der Waals surface area (Å²) in [6.45, 7) is 2.97. The van der Waals surface area contributed by atoms with Gasteiger partial charge in [0.15, 0.2) is 0 Å². The van der Waals surface area contributed by atoms with Crippen molar-refractivity contribution in [2.75, 3.05) is 55.9 Å². The maximum atomic E-state index is 6.04. The van der Waals surface area contributed by atoms with Gasteiger partial charge >= 0.3 is 0 Å². The summed E-state index contributed by atoms with van der Waals surface area (Å²) in [4.78, 5) is 35.0. The zero-order valence-electron chi connectivity index (χ0n) is 19.9. The summed E-state index contributed by atoms with van der Waals surface area (Å²) in [6.07, 6.45) is 6.68. The molecule has 0 atom stereocenters. The summed E-state index contributed by atoms with van der Waals surface area (Å²) in [5.41, 5.74) is 2.82. The minimum absolute atomic E-state index is 0.0974. The van der Waals surface area contributed by atoms with E-state index in [2.05, 4.69) is 55.4 Å². The van der Waals surface area contributed by atoms with Crippen molar-refractivity contribution in [3.63, 3.8) is 0 Å². The molecule has 2 N–H and O–H groups in total. The van der Waals surface area contributed by atoms with Crippen molar-refractivity contribution in [2.45, 2.75) is 0 Å². The molecule has 0 amide bonds. The molecule has 1 fully saturated rings. The second kappa shape index (κ2) is 12.7. The van der Waals surface area contributed by atoms with Gasteiger partial charge in [-0.25, -0.2) is 39.9 Å². The van der Waals surface area contributed by atoms with Gasteiger partial charge in [0.05, 0.1) is 24.6 Å². The highest BCUT2D eigenvalue weighted by molar-refractivity contribution is 6.32. The van der Waals surface area contributed by atoms with Crippen LogP contribution in [0.25, 0.3) is 22.5 Å².